The van der Waals surface area contributed by atoms with Crippen LogP contribution in [-0.2, 0) is 0 Å². The topological polar surface area (TPSA) is 35.6 Å². The summed E-state index contributed by atoms with van der Waals surface area (Å²) in [6.07, 6.45) is 12.5. The SMILES string of the molecule is CC(C)N(C(=O)NC1CCCCC1)C1CCCCC1.CCN(c1cccs1)C(C)C. The highest BCUT2D eigenvalue weighted by atomic mass is 32.1. The van der Waals surface area contributed by atoms with E-state index in [9.17, 15) is 4.79 Å². The van der Waals surface area contributed by atoms with Gasteiger partial charge in [0, 0.05) is 30.7 Å². The smallest absolute Gasteiger partial charge is 0.318 e. The van der Waals surface area contributed by atoms with Crippen molar-refractivity contribution >= 4 is 22.4 Å². The molecule has 5 heteroatoms. The number of hydrogen-bond acceptors (Lipinski definition) is 3. The second-order valence-electron chi connectivity index (χ2n) is 9.41. The van der Waals surface area contributed by atoms with Crippen molar-refractivity contribution in [3.05, 3.63) is 17.5 Å². The molecule has 4 nitrogen and oxygen atoms in total. The number of nitrogens with zero attached hydrogens (tertiary/aromatic N) is 2. The molecule has 0 spiro atoms. The lowest BCUT2D eigenvalue weighted by Crippen LogP contribution is -2.53. The first-order chi connectivity index (χ1) is 14.4. The third-order valence-corrected chi connectivity index (χ3v) is 7.35. The first kappa shape index (κ1) is 25.0. The Morgan fingerprint density at radius 2 is 1.60 bits per heavy atom. The number of rotatable bonds is 6. The van der Waals surface area contributed by atoms with Crippen LogP contribution in [0, 0.1) is 0 Å². The Balaban J connectivity index is 0.000000248. The van der Waals surface area contributed by atoms with Crippen molar-refractivity contribution in [3.8, 4) is 0 Å². The molecular formula is C25H45N3OS. The maximum atomic E-state index is 12.6. The number of nitrogens with one attached hydrogen (secondary N) is 1. The van der Waals surface area contributed by atoms with Gasteiger partial charge in [-0.15, -0.1) is 11.3 Å². The van der Waals surface area contributed by atoms with Gasteiger partial charge in [-0.2, -0.15) is 0 Å². The molecule has 0 aromatic carbocycles. The van der Waals surface area contributed by atoms with E-state index in [2.05, 4.69) is 67.2 Å². The maximum absolute atomic E-state index is 12.6. The molecule has 0 unspecified atom stereocenters. The van der Waals surface area contributed by atoms with Gasteiger partial charge in [-0.3, -0.25) is 0 Å². The molecule has 172 valence electrons. The summed E-state index contributed by atoms with van der Waals surface area (Å²) in [5, 5.41) is 6.79. The third kappa shape index (κ3) is 7.79. The Morgan fingerprint density at radius 3 is 2.07 bits per heavy atom. The van der Waals surface area contributed by atoms with Crippen LogP contribution in [-0.4, -0.2) is 41.6 Å². The lowest BCUT2D eigenvalue weighted by Gasteiger charge is -2.38. The van der Waals surface area contributed by atoms with Gasteiger partial charge < -0.3 is 15.1 Å². The van der Waals surface area contributed by atoms with Crippen LogP contribution in [0.4, 0.5) is 9.80 Å². The summed E-state index contributed by atoms with van der Waals surface area (Å²) < 4.78 is 0. The van der Waals surface area contributed by atoms with E-state index in [1.807, 2.05) is 11.3 Å². The van der Waals surface area contributed by atoms with E-state index in [1.165, 1.54) is 69.2 Å². The van der Waals surface area contributed by atoms with E-state index in [1.54, 1.807) is 0 Å². The van der Waals surface area contributed by atoms with Crippen molar-refractivity contribution in [1.82, 2.24) is 10.2 Å². The van der Waals surface area contributed by atoms with E-state index in [0.717, 1.165) is 6.54 Å². The van der Waals surface area contributed by atoms with Crippen molar-refractivity contribution in [2.45, 2.75) is 123 Å². The lowest BCUT2D eigenvalue weighted by molar-refractivity contribution is 0.129. The molecule has 0 saturated heterocycles. The summed E-state index contributed by atoms with van der Waals surface area (Å²) in [5.41, 5.74) is 0. The highest BCUT2D eigenvalue weighted by molar-refractivity contribution is 7.14. The maximum Gasteiger partial charge on any atom is 0.318 e. The Labute approximate surface area is 189 Å². The zero-order valence-electron chi connectivity index (χ0n) is 20.0. The van der Waals surface area contributed by atoms with Crippen molar-refractivity contribution in [3.63, 3.8) is 0 Å². The predicted molar refractivity (Wildman–Crippen MR) is 132 cm³/mol. The van der Waals surface area contributed by atoms with Crippen LogP contribution in [0.5, 0.6) is 0 Å². The standard InChI is InChI=1S/C16H30N2O.C9H15NS/c1-13(2)18(15-11-7-4-8-12-15)16(19)17-14-9-5-3-6-10-14;1-4-10(8(2)3)9-6-5-7-11-9/h13-15H,3-12H2,1-2H3,(H,17,19);5-8H,4H2,1-3H3. The van der Waals surface area contributed by atoms with Crippen molar-refractivity contribution < 1.29 is 4.79 Å². The molecule has 0 radical (unpaired) electrons. The average Bonchev–Trinajstić information content (AvgIpc) is 3.24. The van der Waals surface area contributed by atoms with Crippen LogP contribution in [0.1, 0.15) is 98.8 Å². The summed E-state index contributed by atoms with van der Waals surface area (Å²) in [4.78, 5) is 17.1. The first-order valence-corrected chi connectivity index (χ1v) is 13.2. The number of anilines is 1. The van der Waals surface area contributed by atoms with Crippen LogP contribution < -0.4 is 10.2 Å². The number of carbonyl (C=O) groups is 1. The quantitative estimate of drug-likeness (QED) is 0.519. The van der Waals surface area contributed by atoms with Crippen molar-refractivity contribution in [2.24, 2.45) is 0 Å². The highest BCUT2D eigenvalue weighted by Gasteiger charge is 2.29. The molecule has 1 aromatic rings. The Bertz CT molecular complexity index is 575. The van der Waals surface area contributed by atoms with Crippen molar-refractivity contribution in [2.75, 3.05) is 11.4 Å². The van der Waals surface area contributed by atoms with E-state index < -0.39 is 0 Å². The number of hydrogen-bond donors (Lipinski definition) is 1. The van der Waals surface area contributed by atoms with Gasteiger partial charge in [-0.05, 0) is 77.8 Å². The zero-order valence-corrected chi connectivity index (χ0v) is 20.8. The zero-order chi connectivity index (χ0) is 21.9. The van der Waals surface area contributed by atoms with Gasteiger partial charge in [0.05, 0.1) is 5.00 Å². The average molecular weight is 436 g/mol. The highest BCUT2D eigenvalue weighted by Crippen LogP contribution is 2.25. The molecule has 2 amide bonds. The van der Waals surface area contributed by atoms with Gasteiger partial charge in [0.1, 0.15) is 0 Å². The molecule has 2 aliphatic rings. The van der Waals surface area contributed by atoms with Gasteiger partial charge >= 0.3 is 6.03 Å². The minimum absolute atomic E-state index is 0.189. The minimum Gasteiger partial charge on any atom is -0.361 e. The van der Waals surface area contributed by atoms with Gasteiger partial charge in [0.15, 0.2) is 0 Å². The second-order valence-corrected chi connectivity index (χ2v) is 10.3. The summed E-state index contributed by atoms with van der Waals surface area (Å²) >= 11 is 1.81. The molecule has 2 aliphatic carbocycles. The molecule has 0 bridgehead atoms. The number of urea groups is 1. The fourth-order valence-electron chi connectivity index (χ4n) is 4.89. The molecule has 1 aromatic heterocycles. The third-order valence-electron chi connectivity index (χ3n) is 6.44. The van der Waals surface area contributed by atoms with Crippen LogP contribution >= 0.6 is 11.3 Å². The molecule has 30 heavy (non-hydrogen) atoms. The summed E-state index contributed by atoms with van der Waals surface area (Å²) in [5.74, 6) is 0. The van der Waals surface area contributed by atoms with E-state index in [4.69, 9.17) is 0 Å². The van der Waals surface area contributed by atoms with Crippen LogP contribution in [0.3, 0.4) is 0 Å². The molecule has 1 heterocycles. The normalized spacial score (nSPS) is 18.1. The van der Waals surface area contributed by atoms with Gasteiger partial charge in [0.2, 0.25) is 0 Å². The fourth-order valence-corrected chi connectivity index (χ4v) is 5.82. The summed E-state index contributed by atoms with van der Waals surface area (Å²) in [7, 11) is 0. The Hall–Kier alpha value is -1.23. The number of amides is 2. The second kappa shape index (κ2) is 13.2. The summed E-state index contributed by atoms with van der Waals surface area (Å²) in [6.45, 7) is 12.0. The van der Waals surface area contributed by atoms with Crippen LogP contribution in [0.2, 0.25) is 0 Å². The monoisotopic (exact) mass is 435 g/mol. The van der Waals surface area contributed by atoms with Crippen LogP contribution in [0.15, 0.2) is 17.5 Å². The largest absolute Gasteiger partial charge is 0.361 e. The Morgan fingerprint density at radius 1 is 1.00 bits per heavy atom. The lowest BCUT2D eigenvalue weighted by atomic mass is 9.93. The van der Waals surface area contributed by atoms with E-state index in [-0.39, 0.29) is 6.03 Å². The molecule has 1 N–H and O–H groups in total. The van der Waals surface area contributed by atoms with E-state index >= 15 is 0 Å². The molecule has 2 saturated carbocycles. The molecule has 0 aliphatic heterocycles. The van der Waals surface area contributed by atoms with Gasteiger partial charge in [-0.1, -0.05) is 38.5 Å². The van der Waals surface area contributed by atoms with Crippen LogP contribution in [0.25, 0.3) is 0 Å². The fraction of sp³-hybridized carbons (Fsp3) is 0.800. The molecule has 3 rings (SSSR count). The minimum atomic E-state index is 0.189. The van der Waals surface area contributed by atoms with E-state index in [0.29, 0.717) is 24.2 Å². The van der Waals surface area contributed by atoms with Gasteiger partial charge in [-0.25, -0.2) is 4.79 Å². The molecule has 2 fully saturated rings. The number of carbonyl (C=O) groups excluding carboxylic acids is 1. The Kier molecular flexibility index (Phi) is 11.0. The van der Waals surface area contributed by atoms with Crippen molar-refractivity contribution in [1.29, 1.82) is 0 Å². The molecular weight excluding hydrogens is 390 g/mol. The number of thiophene rings is 1. The first-order valence-electron chi connectivity index (χ1n) is 12.3. The predicted octanol–water partition coefficient (Wildman–Crippen LogP) is 7.05. The van der Waals surface area contributed by atoms with Gasteiger partial charge in [0.25, 0.3) is 0 Å². The summed E-state index contributed by atoms with van der Waals surface area (Å²) in [6, 6.07) is 6.28. The molecule has 0 atom stereocenters.